The second-order valence-electron chi connectivity index (χ2n) is 6.42. The molecule has 1 saturated carbocycles. The van der Waals surface area contributed by atoms with Gasteiger partial charge in [-0.1, -0.05) is 18.5 Å². The van der Waals surface area contributed by atoms with Crippen LogP contribution in [-0.2, 0) is 11.2 Å². The van der Waals surface area contributed by atoms with Gasteiger partial charge in [-0.3, -0.25) is 4.79 Å². The molecule has 3 rings (SSSR count). The summed E-state index contributed by atoms with van der Waals surface area (Å²) in [6, 6.07) is 3.72. The van der Waals surface area contributed by atoms with Crippen LogP contribution in [0, 0.1) is 5.92 Å². The topological polar surface area (TPSA) is 38.8 Å². The van der Waals surface area contributed by atoms with Gasteiger partial charge in [0.25, 0.3) is 0 Å². The van der Waals surface area contributed by atoms with Crippen LogP contribution in [0.5, 0.6) is 11.5 Å². The zero-order chi connectivity index (χ0) is 16.2. The highest BCUT2D eigenvalue weighted by molar-refractivity contribution is 6.32. The van der Waals surface area contributed by atoms with Crippen LogP contribution < -0.4 is 9.47 Å². The normalized spacial score (nSPS) is 16.8. The Morgan fingerprint density at radius 3 is 2.83 bits per heavy atom. The number of rotatable bonds is 6. The molecule has 0 spiro atoms. The third kappa shape index (κ3) is 4.31. The van der Waals surface area contributed by atoms with Gasteiger partial charge in [0.15, 0.2) is 11.5 Å². The lowest BCUT2D eigenvalue weighted by molar-refractivity contribution is -0.130. The fraction of sp³-hybridized carbons (Fsp3) is 0.611. The summed E-state index contributed by atoms with van der Waals surface area (Å²) < 4.78 is 11.3. The SMILES string of the molecule is CCCN(CC1CC1)C(=O)Cc1cc(Cl)c2c(c1)OCCCO2. The standard InChI is InChI=1S/C18H24ClNO3/c1-2-6-20(12-13-4-5-13)17(21)11-14-9-15(19)18-16(10-14)22-7-3-8-23-18/h9-10,13H,2-8,11-12H2,1H3. The zero-order valence-corrected chi connectivity index (χ0v) is 14.4. The van der Waals surface area contributed by atoms with Crippen molar-refractivity contribution >= 4 is 17.5 Å². The van der Waals surface area contributed by atoms with Crippen LogP contribution >= 0.6 is 11.6 Å². The van der Waals surface area contributed by atoms with Crippen molar-refractivity contribution in [3.8, 4) is 11.5 Å². The molecular formula is C18H24ClNO3. The van der Waals surface area contributed by atoms with Crippen LogP contribution in [0.3, 0.4) is 0 Å². The summed E-state index contributed by atoms with van der Waals surface area (Å²) in [5, 5.41) is 0.524. The van der Waals surface area contributed by atoms with Gasteiger partial charge < -0.3 is 14.4 Å². The van der Waals surface area contributed by atoms with Gasteiger partial charge in [0, 0.05) is 19.5 Å². The fourth-order valence-electron chi connectivity index (χ4n) is 2.87. The lowest BCUT2D eigenvalue weighted by Crippen LogP contribution is -2.34. The third-order valence-electron chi connectivity index (χ3n) is 4.24. The Hall–Kier alpha value is -1.42. The molecular weight excluding hydrogens is 314 g/mol. The summed E-state index contributed by atoms with van der Waals surface area (Å²) in [6.07, 6.45) is 4.70. The van der Waals surface area contributed by atoms with E-state index >= 15 is 0 Å². The monoisotopic (exact) mass is 337 g/mol. The molecule has 0 atom stereocenters. The Bertz CT molecular complexity index is 572. The second kappa shape index (κ2) is 7.43. The maximum Gasteiger partial charge on any atom is 0.227 e. The maximum atomic E-state index is 12.6. The van der Waals surface area contributed by atoms with Crippen LogP contribution in [0.2, 0.25) is 5.02 Å². The Morgan fingerprint density at radius 1 is 1.30 bits per heavy atom. The summed E-state index contributed by atoms with van der Waals surface area (Å²) in [4.78, 5) is 14.6. The van der Waals surface area contributed by atoms with E-state index in [1.807, 2.05) is 17.0 Å². The molecule has 1 aromatic carbocycles. The number of halogens is 1. The third-order valence-corrected chi connectivity index (χ3v) is 4.52. The van der Waals surface area contributed by atoms with Gasteiger partial charge >= 0.3 is 0 Å². The Balaban J connectivity index is 1.72. The number of amides is 1. The number of fused-ring (bicyclic) bond motifs is 1. The van der Waals surface area contributed by atoms with Gasteiger partial charge in [-0.25, -0.2) is 0 Å². The molecule has 1 aliphatic carbocycles. The van der Waals surface area contributed by atoms with Crippen LogP contribution in [-0.4, -0.2) is 37.1 Å². The van der Waals surface area contributed by atoms with Gasteiger partial charge in [-0.05, 0) is 42.9 Å². The van der Waals surface area contributed by atoms with Crippen LogP contribution in [0.4, 0.5) is 0 Å². The molecule has 1 fully saturated rings. The van der Waals surface area contributed by atoms with Crippen molar-refractivity contribution in [2.45, 2.75) is 39.0 Å². The summed E-state index contributed by atoms with van der Waals surface area (Å²) in [6.45, 7) is 5.05. The minimum absolute atomic E-state index is 0.171. The average Bonchev–Trinajstić information content (AvgIpc) is 3.33. The Kier molecular flexibility index (Phi) is 5.31. The first kappa shape index (κ1) is 16.4. The predicted molar refractivity (Wildman–Crippen MR) is 90.4 cm³/mol. The molecule has 0 aromatic heterocycles. The average molecular weight is 338 g/mol. The van der Waals surface area contributed by atoms with Gasteiger partial charge in [-0.2, -0.15) is 0 Å². The minimum Gasteiger partial charge on any atom is -0.489 e. The van der Waals surface area contributed by atoms with Gasteiger partial charge in [0.1, 0.15) is 0 Å². The Morgan fingerprint density at radius 2 is 2.09 bits per heavy atom. The first-order valence-corrected chi connectivity index (χ1v) is 8.91. The fourth-order valence-corrected chi connectivity index (χ4v) is 3.16. The Labute approximate surface area is 142 Å². The van der Waals surface area contributed by atoms with Gasteiger partial charge in [0.2, 0.25) is 5.91 Å². The second-order valence-corrected chi connectivity index (χ2v) is 6.82. The van der Waals surface area contributed by atoms with Crippen molar-refractivity contribution in [2.75, 3.05) is 26.3 Å². The lowest BCUT2D eigenvalue weighted by atomic mass is 10.1. The van der Waals surface area contributed by atoms with E-state index in [0.717, 1.165) is 31.5 Å². The van der Waals surface area contributed by atoms with Crippen molar-refractivity contribution < 1.29 is 14.3 Å². The largest absolute Gasteiger partial charge is 0.489 e. The molecule has 1 heterocycles. The molecule has 1 aliphatic heterocycles. The number of hydrogen-bond donors (Lipinski definition) is 0. The number of hydrogen-bond acceptors (Lipinski definition) is 3. The summed E-state index contributed by atoms with van der Waals surface area (Å²) >= 11 is 6.31. The molecule has 5 heteroatoms. The van der Waals surface area contributed by atoms with Gasteiger partial charge in [-0.15, -0.1) is 0 Å². The number of benzene rings is 1. The first-order valence-electron chi connectivity index (χ1n) is 8.53. The molecule has 0 bridgehead atoms. The molecule has 0 saturated heterocycles. The van der Waals surface area contributed by atoms with E-state index in [2.05, 4.69) is 6.92 Å². The highest BCUT2D eigenvalue weighted by atomic mass is 35.5. The molecule has 1 amide bonds. The van der Waals surface area contributed by atoms with E-state index in [4.69, 9.17) is 21.1 Å². The summed E-state index contributed by atoms with van der Waals surface area (Å²) in [5.74, 6) is 2.13. The van der Waals surface area contributed by atoms with Crippen molar-refractivity contribution in [3.63, 3.8) is 0 Å². The number of carbonyl (C=O) groups is 1. The summed E-state index contributed by atoms with van der Waals surface area (Å²) in [7, 11) is 0. The maximum absolute atomic E-state index is 12.6. The molecule has 1 aromatic rings. The lowest BCUT2D eigenvalue weighted by Gasteiger charge is -2.22. The van der Waals surface area contributed by atoms with Crippen molar-refractivity contribution in [2.24, 2.45) is 5.92 Å². The number of ether oxygens (including phenoxy) is 2. The van der Waals surface area contributed by atoms with E-state index < -0.39 is 0 Å². The molecule has 4 nitrogen and oxygen atoms in total. The smallest absolute Gasteiger partial charge is 0.227 e. The van der Waals surface area contributed by atoms with E-state index in [0.29, 0.717) is 42.1 Å². The highest BCUT2D eigenvalue weighted by Crippen LogP contribution is 2.38. The quantitative estimate of drug-likeness (QED) is 0.794. The molecule has 126 valence electrons. The predicted octanol–water partition coefficient (Wildman–Crippen LogP) is 3.69. The molecule has 23 heavy (non-hydrogen) atoms. The molecule has 0 radical (unpaired) electrons. The minimum atomic E-state index is 0.171. The molecule has 0 N–H and O–H groups in total. The van der Waals surface area contributed by atoms with Crippen LogP contribution in [0.1, 0.15) is 38.2 Å². The first-order chi connectivity index (χ1) is 11.2. The van der Waals surface area contributed by atoms with Crippen LogP contribution in [0.25, 0.3) is 0 Å². The van der Waals surface area contributed by atoms with Crippen molar-refractivity contribution in [1.29, 1.82) is 0 Å². The van der Waals surface area contributed by atoms with E-state index in [1.165, 1.54) is 12.8 Å². The van der Waals surface area contributed by atoms with E-state index in [1.54, 1.807) is 0 Å². The zero-order valence-electron chi connectivity index (χ0n) is 13.6. The number of nitrogens with zero attached hydrogens (tertiary/aromatic N) is 1. The van der Waals surface area contributed by atoms with E-state index in [9.17, 15) is 4.79 Å². The van der Waals surface area contributed by atoms with Crippen molar-refractivity contribution in [1.82, 2.24) is 4.90 Å². The molecule has 0 unspecified atom stereocenters. The van der Waals surface area contributed by atoms with Crippen molar-refractivity contribution in [3.05, 3.63) is 22.7 Å². The van der Waals surface area contributed by atoms with Crippen LogP contribution in [0.15, 0.2) is 12.1 Å². The number of carbonyl (C=O) groups excluding carboxylic acids is 1. The summed E-state index contributed by atoms with van der Waals surface area (Å²) in [5.41, 5.74) is 0.890. The van der Waals surface area contributed by atoms with Gasteiger partial charge in [0.05, 0.1) is 24.7 Å². The highest BCUT2D eigenvalue weighted by Gasteiger charge is 2.26. The molecule has 2 aliphatic rings. The van der Waals surface area contributed by atoms with E-state index in [-0.39, 0.29) is 5.91 Å².